The van der Waals surface area contributed by atoms with Crippen molar-refractivity contribution in [3.05, 3.63) is 87.1 Å². The third-order valence-corrected chi connectivity index (χ3v) is 6.04. The molecule has 29 heavy (non-hydrogen) atoms. The quantitative estimate of drug-likeness (QED) is 0.520. The highest BCUT2D eigenvalue weighted by molar-refractivity contribution is 7.92. The molecule has 0 atom stereocenters. The molecule has 8 nitrogen and oxygen atoms in total. The smallest absolute Gasteiger partial charge is 0.336 e. The second-order valence-corrected chi connectivity index (χ2v) is 8.18. The molecule has 2 heterocycles. The Labute approximate surface area is 165 Å². The third-order valence-electron chi connectivity index (χ3n) is 4.69. The van der Waals surface area contributed by atoms with E-state index >= 15 is 0 Å². The van der Waals surface area contributed by atoms with Gasteiger partial charge in [0.25, 0.3) is 15.6 Å². The summed E-state index contributed by atoms with van der Waals surface area (Å²) >= 11 is 0. The first-order chi connectivity index (χ1) is 13.8. The average Bonchev–Trinajstić information content (AvgIpc) is 2.91. The van der Waals surface area contributed by atoms with Crippen molar-refractivity contribution in [3.63, 3.8) is 0 Å². The molecule has 0 aliphatic heterocycles. The van der Waals surface area contributed by atoms with E-state index in [9.17, 15) is 18.0 Å². The van der Waals surface area contributed by atoms with Gasteiger partial charge in [-0.25, -0.2) is 17.9 Å². The summed E-state index contributed by atoms with van der Waals surface area (Å²) in [5, 5.41) is 0.457. The van der Waals surface area contributed by atoms with Crippen LogP contribution in [0.25, 0.3) is 16.7 Å². The number of sulfonamides is 1. The summed E-state index contributed by atoms with van der Waals surface area (Å²) in [6.45, 7) is 1.66. The number of benzene rings is 2. The number of nitrogens with zero attached hydrogens (tertiary/aromatic N) is 2. The highest BCUT2D eigenvalue weighted by atomic mass is 32.2. The van der Waals surface area contributed by atoms with Crippen LogP contribution in [0.2, 0.25) is 0 Å². The molecule has 4 rings (SSSR count). The summed E-state index contributed by atoms with van der Waals surface area (Å²) in [6, 6.07) is 15.7. The van der Waals surface area contributed by atoms with Crippen molar-refractivity contribution in [2.24, 2.45) is 7.05 Å². The van der Waals surface area contributed by atoms with Crippen molar-refractivity contribution in [1.29, 1.82) is 0 Å². The van der Waals surface area contributed by atoms with Gasteiger partial charge in [-0.2, -0.15) is 0 Å². The standard InChI is InChI=1S/C20H17N3O5S/c1-13-19(20(25)23(22(13)2)15-6-4-3-5-7-15)21-29(26,27)16-9-10-17-14(12-16)8-11-18(24)28-17/h3-12,21H,1-2H3. The van der Waals surface area contributed by atoms with Crippen LogP contribution in [0.3, 0.4) is 0 Å². The molecule has 0 saturated carbocycles. The maximum absolute atomic E-state index is 12.9. The first-order valence-electron chi connectivity index (χ1n) is 8.69. The fraction of sp³-hybridized carbons (Fsp3) is 0.100. The molecule has 2 aromatic heterocycles. The molecule has 9 heteroatoms. The SMILES string of the molecule is Cc1c(NS(=O)(=O)c2ccc3oc(=O)ccc3c2)c(=O)n(-c2ccccc2)n1C. The van der Waals surface area contributed by atoms with Gasteiger partial charge in [0.05, 0.1) is 16.3 Å². The fourth-order valence-electron chi connectivity index (χ4n) is 3.10. The van der Waals surface area contributed by atoms with E-state index in [0.717, 1.165) is 0 Å². The average molecular weight is 411 g/mol. The van der Waals surface area contributed by atoms with E-state index in [1.807, 2.05) is 6.07 Å². The number of nitrogens with one attached hydrogen (secondary N) is 1. The van der Waals surface area contributed by atoms with Gasteiger partial charge in [-0.15, -0.1) is 0 Å². The van der Waals surface area contributed by atoms with Crippen LogP contribution in [-0.2, 0) is 17.1 Å². The maximum Gasteiger partial charge on any atom is 0.336 e. The van der Waals surface area contributed by atoms with Gasteiger partial charge in [0.2, 0.25) is 0 Å². The lowest BCUT2D eigenvalue weighted by molar-refractivity contribution is 0.560. The predicted molar refractivity (Wildman–Crippen MR) is 109 cm³/mol. The Balaban J connectivity index is 1.79. The molecule has 0 aliphatic carbocycles. The van der Waals surface area contributed by atoms with Crippen LogP contribution in [0.4, 0.5) is 5.69 Å². The summed E-state index contributed by atoms with van der Waals surface area (Å²) in [7, 11) is -2.36. The van der Waals surface area contributed by atoms with Gasteiger partial charge in [-0.05, 0) is 43.3 Å². The monoisotopic (exact) mass is 411 g/mol. The number of fused-ring (bicyclic) bond motifs is 1. The summed E-state index contributed by atoms with van der Waals surface area (Å²) in [5.74, 6) is 0. The Morgan fingerprint density at radius 3 is 2.41 bits per heavy atom. The van der Waals surface area contributed by atoms with Gasteiger partial charge in [0.15, 0.2) is 0 Å². The van der Waals surface area contributed by atoms with Gasteiger partial charge in [0, 0.05) is 18.5 Å². The van der Waals surface area contributed by atoms with E-state index in [-0.39, 0.29) is 16.2 Å². The molecule has 148 valence electrons. The zero-order valence-corrected chi connectivity index (χ0v) is 16.4. The zero-order valence-electron chi connectivity index (χ0n) is 15.6. The van der Waals surface area contributed by atoms with Gasteiger partial charge in [0.1, 0.15) is 11.3 Å². The fourth-order valence-corrected chi connectivity index (χ4v) is 4.25. The molecule has 0 amide bonds. The summed E-state index contributed by atoms with van der Waals surface area (Å²) < 4.78 is 36.2. The first kappa shape index (κ1) is 18.8. The summed E-state index contributed by atoms with van der Waals surface area (Å²) in [6.07, 6.45) is 0. The highest BCUT2D eigenvalue weighted by Crippen LogP contribution is 2.22. The normalized spacial score (nSPS) is 11.7. The van der Waals surface area contributed by atoms with Gasteiger partial charge >= 0.3 is 5.63 Å². The molecule has 2 aromatic carbocycles. The Morgan fingerprint density at radius 1 is 0.966 bits per heavy atom. The molecule has 0 spiro atoms. The minimum Gasteiger partial charge on any atom is -0.423 e. The second kappa shape index (κ2) is 6.78. The Morgan fingerprint density at radius 2 is 1.69 bits per heavy atom. The molecule has 1 N–H and O–H groups in total. The topological polar surface area (TPSA) is 103 Å². The van der Waals surface area contributed by atoms with Crippen LogP contribution in [-0.4, -0.2) is 17.8 Å². The van der Waals surface area contributed by atoms with E-state index in [4.69, 9.17) is 4.42 Å². The lowest BCUT2D eigenvalue weighted by atomic mass is 10.2. The van der Waals surface area contributed by atoms with Gasteiger partial charge in [-0.1, -0.05) is 18.2 Å². The molecular weight excluding hydrogens is 394 g/mol. The van der Waals surface area contributed by atoms with Crippen molar-refractivity contribution in [2.75, 3.05) is 4.72 Å². The minimum atomic E-state index is -4.04. The van der Waals surface area contributed by atoms with E-state index in [1.54, 1.807) is 42.9 Å². The van der Waals surface area contributed by atoms with Crippen LogP contribution in [0.5, 0.6) is 0 Å². The largest absolute Gasteiger partial charge is 0.423 e. The zero-order chi connectivity index (χ0) is 20.8. The lowest BCUT2D eigenvalue weighted by Crippen LogP contribution is -2.23. The predicted octanol–water partition coefficient (Wildman–Crippen LogP) is 2.39. The van der Waals surface area contributed by atoms with Crippen LogP contribution < -0.4 is 15.9 Å². The van der Waals surface area contributed by atoms with Crippen molar-refractivity contribution in [1.82, 2.24) is 9.36 Å². The van der Waals surface area contributed by atoms with Crippen molar-refractivity contribution in [3.8, 4) is 5.69 Å². The number of aromatic nitrogens is 2. The van der Waals surface area contributed by atoms with Crippen LogP contribution in [0, 0.1) is 6.92 Å². The summed E-state index contributed by atoms with van der Waals surface area (Å²) in [5.41, 5.74) is 0.331. The van der Waals surface area contributed by atoms with E-state index in [2.05, 4.69) is 4.72 Å². The number of rotatable bonds is 4. The molecule has 0 radical (unpaired) electrons. The molecule has 4 aromatic rings. The number of hydrogen-bond donors (Lipinski definition) is 1. The number of para-hydroxylation sites is 1. The van der Waals surface area contributed by atoms with Crippen LogP contribution in [0.15, 0.2) is 79.6 Å². The third kappa shape index (κ3) is 3.25. The van der Waals surface area contributed by atoms with Crippen LogP contribution in [0.1, 0.15) is 5.69 Å². The Bertz CT molecular complexity index is 1450. The van der Waals surface area contributed by atoms with Crippen molar-refractivity contribution in [2.45, 2.75) is 11.8 Å². The number of anilines is 1. The Kier molecular flexibility index (Phi) is 4.39. The highest BCUT2D eigenvalue weighted by Gasteiger charge is 2.22. The van der Waals surface area contributed by atoms with Crippen molar-refractivity contribution >= 4 is 26.7 Å². The molecule has 0 aliphatic rings. The minimum absolute atomic E-state index is 0.0314. The van der Waals surface area contributed by atoms with E-state index in [0.29, 0.717) is 16.8 Å². The molecule has 0 fully saturated rings. The molecule has 0 unspecified atom stereocenters. The maximum atomic E-state index is 12.9. The Hall–Kier alpha value is -3.59. The van der Waals surface area contributed by atoms with Gasteiger partial charge < -0.3 is 4.42 Å². The van der Waals surface area contributed by atoms with E-state index < -0.39 is 21.2 Å². The molecular formula is C20H17N3O5S. The summed E-state index contributed by atoms with van der Waals surface area (Å²) in [4.78, 5) is 24.2. The van der Waals surface area contributed by atoms with Gasteiger partial charge in [-0.3, -0.25) is 14.2 Å². The van der Waals surface area contributed by atoms with Crippen LogP contribution >= 0.6 is 0 Å². The first-order valence-corrected chi connectivity index (χ1v) is 10.2. The molecule has 0 bridgehead atoms. The van der Waals surface area contributed by atoms with E-state index in [1.165, 1.54) is 35.0 Å². The number of hydrogen-bond acceptors (Lipinski definition) is 5. The second-order valence-electron chi connectivity index (χ2n) is 6.50. The molecule has 0 saturated heterocycles. The lowest BCUT2D eigenvalue weighted by Gasteiger charge is -2.08. The van der Waals surface area contributed by atoms with Crippen molar-refractivity contribution < 1.29 is 12.8 Å².